The number of amides is 3. The number of anilines is 1. The average molecular weight is 867 g/mol. The number of rotatable bonds is 17. The Morgan fingerprint density at radius 2 is 1.70 bits per heavy atom. The van der Waals surface area contributed by atoms with Gasteiger partial charge in [0.15, 0.2) is 17.8 Å². The van der Waals surface area contributed by atoms with Crippen molar-refractivity contribution >= 4 is 62.8 Å². The van der Waals surface area contributed by atoms with E-state index in [4.69, 9.17) is 44.8 Å². The predicted octanol–water partition coefficient (Wildman–Crippen LogP) is 5.99. The second kappa shape index (κ2) is 19.6. The number of alkyl carbamates (subject to hydrolysis) is 1. The monoisotopic (exact) mass is 866 g/mol. The van der Waals surface area contributed by atoms with E-state index in [2.05, 4.69) is 10.3 Å². The third-order valence-electron chi connectivity index (χ3n) is 10.9. The van der Waals surface area contributed by atoms with Gasteiger partial charge < -0.3 is 58.4 Å². The van der Waals surface area contributed by atoms with Gasteiger partial charge in [-0.3, -0.25) is 14.4 Å². The van der Waals surface area contributed by atoms with Crippen LogP contribution in [0.1, 0.15) is 62.0 Å². The predicted molar refractivity (Wildman–Crippen MR) is 228 cm³/mol. The summed E-state index contributed by atoms with van der Waals surface area (Å²) in [6.07, 6.45) is -1.16. The Bertz CT molecular complexity index is 2240. The molecule has 3 aromatic carbocycles. The Balaban J connectivity index is 1.10. The maximum Gasteiger partial charge on any atom is 0.407 e. The average Bonchev–Trinajstić information content (AvgIpc) is 4.01. The van der Waals surface area contributed by atoms with Gasteiger partial charge in [-0.05, 0) is 41.3 Å². The number of aliphatic hydroxyl groups is 1. The summed E-state index contributed by atoms with van der Waals surface area (Å²) < 4.78 is 39.1. The van der Waals surface area contributed by atoms with Crippen molar-refractivity contribution in [2.45, 2.75) is 58.3 Å². The number of ether oxygens (including phenoxy) is 7. The number of aliphatic hydroxyl groups excluding tert-OH is 1. The van der Waals surface area contributed by atoms with E-state index in [1.165, 1.54) is 28.4 Å². The Hall–Kier alpha value is -5.29. The Morgan fingerprint density at radius 1 is 0.967 bits per heavy atom. The zero-order chi connectivity index (χ0) is 44.0. The van der Waals surface area contributed by atoms with E-state index in [0.29, 0.717) is 70.9 Å². The summed E-state index contributed by atoms with van der Waals surface area (Å²) in [6, 6.07) is 12.7. The topological polar surface area (TPSA) is 187 Å². The first-order valence-electron chi connectivity index (χ1n) is 20.2. The van der Waals surface area contributed by atoms with Crippen molar-refractivity contribution in [3.63, 3.8) is 0 Å². The van der Waals surface area contributed by atoms with E-state index < -0.39 is 30.4 Å². The van der Waals surface area contributed by atoms with Crippen LogP contribution in [0, 0.1) is 11.3 Å². The van der Waals surface area contributed by atoms with Gasteiger partial charge in [-0.25, -0.2) is 4.79 Å². The lowest BCUT2D eigenvalue weighted by molar-refractivity contribution is -0.187. The number of benzene rings is 3. The number of likely N-dealkylation sites (tertiary alicyclic amines) is 1. The maximum atomic E-state index is 14.4. The number of carbonyl (C=O) groups excluding carboxylic acids is 4. The first kappa shape index (κ1) is 45.2. The lowest BCUT2D eigenvalue weighted by atomic mass is 9.89. The van der Waals surface area contributed by atoms with E-state index in [9.17, 15) is 24.3 Å². The molecule has 0 radical (unpaired) electrons. The number of H-pyrrole nitrogens is 1. The molecular formula is C44H55ClN4O12. The van der Waals surface area contributed by atoms with Crippen molar-refractivity contribution in [2.75, 3.05) is 78.6 Å². The molecule has 1 fully saturated rings. The SMILES string of the molecule is COc1cc2cc(C(=O)N3C[C@H](CCl)c4c3cc(OC(=O)C3CCN(C(=O)CCNC(=O)OCC(OC)OC(CO)CC(C)(C)C)C3)c3ccccc43)[nH]c2c(OC)c1OC. The van der Waals surface area contributed by atoms with Crippen LogP contribution in [0.3, 0.4) is 0 Å². The molecule has 6 rings (SSSR count). The summed E-state index contributed by atoms with van der Waals surface area (Å²) in [4.78, 5) is 60.0. The maximum absolute atomic E-state index is 14.4. The standard InChI is InChI=1S/C44H55ClN4O12/c1-44(2,3)19-28(23-50)60-36(56-5)24-59-43(54)46-14-12-35(51)48-15-13-25(21-48)42(53)61-33-18-32-37(30-11-9-8-10-29(30)33)27(20-45)22-49(32)41(52)31-16-26-17-34(55-4)39(57-6)40(58-7)38(26)47-31/h8-11,16-18,25,27-28,36,47,50H,12-15,19-24H2,1-7H3,(H,46,54)/t25?,27-,28?,36?/m0/s1. The molecule has 0 aliphatic carbocycles. The molecule has 3 N–H and O–H groups in total. The number of methoxy groups -OCH3 is 4. The van der Waals surface area contributed by atoms with Gasteiger partial charge in [0.2, 0.25) is 11.7 Å². The first-order chi connectivity index (χ1) is 29.2. The number of nitrogens with zero attached hydrogens (tertiary/aromatic N) is 2. The number of nitrogens with one attached hydrogen (secondary N) is 2. The van der Waals surface area contributed by atoms with Crippen LogP contribution >= 0.6 is 11.6 Å². The minimum absolute atomic E-state index is 0.00938. The smallest absolute Gasteiger partial charge is 0.407 e. The summed E-state index contributed by atoms with van der Waals surface area (Å²) in [6.45, 7) is 6.46. The van der Waals surface area contributed by atoms with Gasteiger partial charge in [0.1, 0.15) is 18.1 Å². The number of hydrogen-bond donors (Lipinski definition) is 3. The summed E-state index contributed by atoms with van der Waals surface area (Å²) in [5, 5.41) is 14.4. The number of halogens is 1. The summed E-state index contributed by atoms with van der Waals surface area (Å²) >= 11 is 6.53. The van der Waals surface area contributed by atoms with E-state index in [1.54, 1.807) is 28.0 Å². The molecule has 16 nitrogen and oxygen atoms in total. The number of alkyl halides is 1. The van der Waals surface area contributed by atoms with Crippen LogP contribution in [0.25, 0.3) is 21.7 Å². The van der Waals surface area contributed by atoms with Crippen LogP contribution < -0.4 is 29.2 Å². The first-order valence-corrected chi connectivity index (χ1v) is 20.7. The fourth-order valence-electron chi connectivity index (χ4n) is 8.03. The molecule has 0 spiro atoms. The summed E-state index contributed by atoms with van der Waals surface area (Å²) in [5.41, 5.74) is 2.23. The molecule has 3 unspecified atom stereocenters. The van der Waals surface area contributed by atoms with Crippen molar-refractivity contribution in [2.24, 2.45) is 11.3 Å². The summed E-state index contributed by atoms with van der Waals surface area (Å²) in [5.74, 6) is -0.0758. The van der Waals surface area contributed by atoms with Crippen LogP contribution in [0.4, 0.5) is 10.5 Å². The van der Waals surface area contributed by atoms with Gasteiger partial charge in [-0.2, -0.15) is 0 Å². The molecule has 17 heteroatoms. The van der Waals surface area contributed by atoms with E-state index in [1.807, 2.05) is 45.0 Å². The number of aromatic amines is 1. The number of hydrogen-bond acceptors (Lipinski definition) is 12. The van der Waals surface area contributed by atoms with E-state index in [0.717, 1.165) is 10.9 Å². The van der Waals surface area contributed by atoms with Gasteiger partial charge >= 0.3 is 12.1 Å². The van der Waals surface area contributed by atoms with Crippen LogP contribution in [-0.4, -0.2) is 125 Å². The fraction of sp³-hybridized carbons (Fsp3) is 0.500. The minimum atomic E-state index is -0.877. The van der Waals surface area contributed by atoms with E-state index in [-0.39, 0.29) is 67.5 Å². The second-order valence-electron chi connectivity index (χ2n) is 16.3. The largest absolute Gasteiger partial charge is 0.493 e. The highest BCUT2D eigenvalue weighted by atomic mass is 35.5. The molecular weight excluding hydrogens is 812 g/mol. The van der Waals surface area contributed by atoms with Crippen molar-refractivity contribution in [3.05, 3.63) is 53.7 Å². The van der Waals surface area contributed by atoms with Crippen LogP contribution in [0.5, 0.6) is 23.0 Å². The Morgan fingerprint density at radius 3 is 2.36 bits per heavy atom. The van der Waals surface area contributed by atoms with Gasteiger partial charge in [-0.15, -0.1) is 11.6 Å². The molecule has 0 bridgehead atoms. The third-order valence-corrected chi connectivity index (χ3v) is 11.3. The van der Waals surface area contributed by atoms with E-state index >= 15 is 0 Å². The molecule has 330 valence electrons. The highest BCUT2D eigenvalue weighted by Crippen LogP contribution is 2.47. The highest BCUT2D eigenvalue weighted by Gasteiger charge is 2.38. The number of esters is 1. The molecule has 3 amide bonds. The number of fused-ring (bicyclic) bond motifs is 4. The van der Waals surface area contributed by atoms with Crippen LogP contribution in [0.2, 0.25) is 0 Å². The molecule has 61 heavy (non-hydrogen) atoms. The van der Waals surface area contributed by atoms with Gasteiger partial charge in [0, 0.05) is 68.3 Å². The lowest BCUT2D eigenvalue weighted by Gasteiger charge is -2.27. The molecule has 4 atom stereocenters. The molecule has 2 aliphatic rings. The zero-order valence-electron chi connectivity index (χ0n) is 35.6. The lowest BCUT2D eigenvalue weighted by Crippen LogP contribution is -2.36. The third kappa shape index (κ3) is 10.1. The van der Waals surface area contributed by atoms with Crippen molar-refractivity contribution < 1.29 is 57.4 Å². The highest BCUT2D eigenvalue weighted by molar-refractivity contribution is 6.19. The van der Waals surface area contributed by atoms with Crippen LogP contribution in [-0.2, 0) is 23.8 Å². The van der Waals surface area contributed by atoms with Gasteiger partial charge in [-0.1, -0.05) is 45.0 Å². The summed E-state index contributed by atoms with van der Waals surface area (Å²) in [7, 11) is 5.96. The Kier molecular flexibility index (Phi) is 14.5. The van der Waals surface area contributed by atoms with Gasteiger partial charge in [0.05, 0.1) is 51.2 Å². The normalized spacial score (nSPS) is 17.3. The molecule has 2 aliphatic heterocycles. The van der Waals surface area contributed by atoms with Crippen LogP contribution in [0.15, 0.2) is 42.5 Å². The van der Waals surface area contributed by atoms with Gasteiger partial charge in [0.25, 0.3) is 5.91 Å². The van der Waals surface area contributed by atoms with Crippen molar-refractivity contribution in [1.82, 2.24) is 15.2 Å². The molecule has 1 aromatic heterocycles. The Labute approximate surface area is 359 Å². The van der Waals surface area contributed by atoms with Crippen molar-refractivity contribution in [1.29, 1.82) is 0 Å². The molecule has 3 heterocycles. The second-order valence-corrected chi connectivity index (χ2v) is 16.6. The molecule has 0 saturated carbocycles. The fourth-order valence-corrected chi connectivity index (χ4v) is 8.28. The van der Waals surface area contributed by atoms with Crippen molar-refractivity contribution in [3.8, 4) is 23.0 Å². The minimum Gasteiger partial charge on any atom is -0.493 e. The number of carbonyl (C=O) groups is 4. The number of aromatic nitrogens is 1. The quantitative estimate of drug-likeness (QED) is 0.0488. The molecule has 4 aromatic rings. The molecule has 1 saturated heterocycles. The zero-order valence-corrected chi connectivity index (χ0v) is 36.4.